The lowest BCUT2D eigenvalue weighted by Gasteiger charge is -2.27. The summed E-state index contributed by atoms with van der Waals surface area (Å²) in [6.07, 6.45) is 4.46. The first-order valence-corrected chi connectivity index (χ1v) is 16.5. The van der Waals surface area contributed by atoms with Crippen LogP contribution in [0.3, 0.4) is 0 Å². The Morgan fingerprint density at radius 2 is 1.89 bits per heavy atom. The number of urea groups is 1. The van der Waals surface area contributed by atoms with Crippen LogP contribution in [0, 0.1) is 11.8 Å². The van der Waals surface area contributed by atoms with Crippen molar-refractivity contribution in [2.45, 2.75) is 50.9 Å². The van der Waals surface area contributed by atoms with Crippen LogP contribution in [0.5, 0.6) is 5.75 Å². The van der Waals surface area contributed by atoms with Gasteiger partial charge in [-0.25, -0.2) is 14.8 Å². The average molecular weight is 631 g/mol. The van der Waals surface area contributed by atoms with E-state index in [1.165, 1.54) is 12.8 Å². The van der Waals surface area contributed by atoms with Gasteiger partial charge >= 0.3 is 6.03 Å². The Labute approximate surface area is 272 Å². The van der Waals surface area contributed by atoms with Crippen molar-refractivity contribution in [3.63, 3.8) is 0 Å². The van der Waals surface area contributed by atoms with E-state index in [4.69, 9.17) is 20.4 Å². The average Bonchev–Trinajstić information content (AvgIpc) is 3.48. The first-order chi connectivity index (χ1) is 22.8. The molecule has 47 heavy (non-hydrogen) atoms. The molecular weight excluding hydrogens is 592 g/mol. The van der Waals surface area contributed by atoms with Crippen LogP contribution in [0.4, 0.5) is 10.5 Å². The monoisotopic (exact) mass is 630 g/mol. The number of nitrogens with two attached hydrogens (primary N) is 1. The van der Waals surface area contributed by atoms with Crippen molar-refractivity contribution < 1.29 is 14.3 Å². The molecule has 2 aromatic carbocycles. The number of hydrogen-bond donors (Lipinski definition) is 2. The number of amides is 3. The first-order valence-electron chi connectivity index (χ1n) is 16.5. The number of fused-ring (bicyclic) bond motifs is 5. The van der Waals surface area contributed by atoms with Crippen molar-refractivity contribution in [2.75, 3.05) is 26.0 Å². The Morgan fingerprint density at radius 3 is 2.64 bits per heavy atom. The zero-order chi connectivity index (χ0) is 32.1. The quantitative estimate of drug-likeness (QED) is 0.265. The maximum Gasteiger partial charge on any atom is 0.321 e. The van der Waals surface area contributed by atoms with Crippen LogP contribution in [-0.2, 0) is 20.1 Å². The molecule has 11 heteroatoms. The number of rotatable bonds is 6. The first kappa shape index (κ1) is 28.3. The van der Waals surface area contributed by atoms with Gasteiger partial charge in [-0.05, 0) is 85.5 Å². The van der Waals surface area contributed by atoms with E-state index in [9.17, 15) is 9.59 Å². The maximum atomic E-state index is 13.8. The molecule has 0 unspecified atom stereocenters. The van der Waals surface area contributed by atoms with Crippen LogP contribution in [0.2, 0.25) is 0 Å². The topological polar surface area (TPSA) is 124 Å². The molecule has 9 rings (SSSR count). The zero-order valence-corrected chi connectivity index (χ0v) is 26.9. The number of pyridine rings is 1. The standard InChI is InChI=1S/C36H38N8O3/c1-41-17-24-12-20(6-9-26(24)40-36(41)46)25-10-7-21-14-29(43(33(21)38-25)16-19-4-5-19)34-39-27-13-23(15-30(47-3)32(27)42(34)2)35(45)44-18-22-8-11-28(44)31(22)37/h6-7,9-10,12-15,19,22,28,31H,4-5,8,11,16-18,37H2,1-3H3,(H,40,46)/t22-,28-,31-/m1/s1. The van der Waals surface area contributed by atoms with Crippen LogP contribution in [0.1, 0.15) is 41.6 Å². The Hall–Kier alpha value is -4.90. The van der Waals surface area contributed by atoms with Crippen molar-refractivity contribution >= 4 is 39.7 Å². The summed E-state index contributed by atoms with van der Waals surface area (Å²) in [5, 5.41) is 4.00. The lowest BCUT2D eigenvalue weighted by molar-refractivity contribution is 0.0700. The third-order valence-electron chi connectivity index (χ3n) is 10.8. The fraction of sp³-hybridized carbons (Fsp3) is 0.389. The number of aryl methyl sites for hydroxylation is 1. The molecule has 0 spiro atoms. The number of methoxy groups -OCH3 is 1. The number of nitrogens with zero attached hydrogens (tertiary/aromatic N) is 6. The summed E-state index contributed by atoms with van der Waals surface area (Å²) in [7, 11) is 5.45. The van der Waals surface area contributed by atoms with Gasteiger partial charge in [-0.3, -0.25) is 4.79 Å². The fourth-order valence-electron chi connectivity index (χ4n) is 8.03. The van der Waals surface area contributed by atoms with Crippen LogP contribution in [-0.4, -0.2) is 73.6 Å². The molecule has 240 valence electrons. The molecule has 3 fully saturated rings. The van der Waals surface area contributed by atoms with E-state index in [2.05, 4.69) is 38.7 Å². The number of carbonyl (C=O) groups excluding carboxylic acids is 2. The highest BCUT2D eigenvalue weighted by Gasteiger charge is 2.47. The molecule has 11 nitrogen and oxygen atoms in total. The van der Waals surface area contributed by atoms with E-state index in [1.807, 2.05) is 36.2 Å². The normalized spacial score (nSPS) is 22.0. The molecule has 3 atom stereocenters. The highest BCUT2D eigenvalue weighted by atomic mass is 16.5. The summed E-state index contributed by atoms with van der Waals surface area (Å²) in [6.45, 7) is 2.13. The zero-order valence-electron chi connectivity index (χ0n) is 26.9. The number of aromatic nitrogens is 4. The van der Waals surface area contributed by atoms with E-state index in [-0.39, 0.29) is 24.0 Å². The van der Waals surface area contributed by atoms with Gasteiger partial charge in [0.2, 0.25) is 0 Å². The molecule has 2 bridgehead atoms. The predicted molar refractivity (Wildman–Crippen MR) is 180 cm³/mol. The summed E-state index contributed by atoms with van der Waals surface area (Å²) in [5.41, 5.74) is 14.3. The van der Waals surface area contributed by atoms with Gasteiger partial charge in [-0.1, -0.05) is 6.07 Å². The van der Waals surface area contributed by atoms with Gasteiger partial charge in [0.25, 0.3) is 5.91 Å². The number of benzene rings is 2. The predicted octanol–water partition coefficient (Wildman–Crippen LogP) is 5.21. The molecule has 2 saturated carbocycles. The van der Waals surface area contributed by atoms with E-state index < -0.39 is 0 Å². The van der Waals surface area contributed by atoms with Crippen LogP contribution in [0.15, 0.2) is 48.5 Å². The Balaban J connectivity index is 1.13. The summed E-state index contributed by atoms with van der Waals surface area (Å²) in [5.74, 6) is 2.41. The largest absolute Gasteiger partial charge is 0.494 e. The number of piperidine rings is 1. The minimum Gasteiger partial charge on any atom is -0.494 e. The Bertz CT molecular complexity index is 2130. The number of nitrogens with one attached hydrogen (secondary N) is 1. The maximum absolute atomic E-state index is 13.8. The minimum atomic E-state index is -0.0965. The second kappa shape index (κ2) is 10.3. The molecular formula is C36H38N8O3. The highest BCUT2D eigenvalue weighted by molar-refractivity contribution is 6.00. The van der Waals surface area contributed by atoms with Crippen molar-refractivity contribution in [1.82, 2.24) is 28.9 Å². The highest BCUT2D eigenvalue weighted by Crippen LogP contribution is 2.40. The van der Waals surface area contributed by atoms with Gasteiger partial charge in [-0.2, -0.15) is 0 Å². The smallest absolute Gasteiger partial charge is 0.321 e. The molecule has 3 aromatic heterocycles. The number of likely N-dealkylation sites (tertiary alicyclic amines) is 1. The third-order valence-corrected chi connectivity index (χ3v) is 10.8. The molecule has 5 aromatic rings. The van der Waals surface area contributed by atoms with Gasteiger partial charge in [0.1, 0.15) is 16.9 Å². The fourth-order valence-corrected chi connectivity index (χ4v) is 8.03. The Morgan fingerprint density at radius 1 is 1.04 bits per heavy atom. The number of carbonyl (C=O) groups is 2. The van der Waals surface area contributed by atoms with E-state index in [1.54, 1.807) is 19.1 Å². The van der Waals surface area contributed by atoms with Crippen molar-refractivity contribution in [2.24, 2.45) is 24.6 Å². The second-order valence-corrected chi connectivity index (χ2v) is 13.8. The summed E-state index contributed by atoms with van der Waals surface area (Å²) >= 11 is 0. The Kier molecular flexibility index (Phi) is 6.21. The lowest BCUT2D eigenvalue weighted by atomic mass is 10.0. The second-order valence-electron chi connectivity index (χ2n) is 13.8. The van der Waals surface area contributed by atoms with Gasteiger partial charge in [0, 0.05) is 68.0 Å². The summed E-state index contributed by atoms with van der Waals surface area (Å²) in [4.78, 5) is 39.9. The molecule has 0 radical (unpaired) electrons. The van der Waals surface area contributed by atoms with E-state index in [0.717, 1.165) is 75.5 Å². The summed E-state index contributed by atoms with van der Waals surface area (Å²) in [6, 6.07) is 16.3. The van der Waals surface area contributed by atoms with Crippen molar-refractivity contribution in [3.05, 3.63) is 59.7 Å². The van der Waals surface area contributed by atoms with Crippen LogP contribution in [0.25, 0.3) is 44.8 Å². The van der Waals surface area contributed by atoms with Gasteiger partial charge < -0.3 is 34.7 Å². The molecule has 5 heterocycles. The molecule has 3 amide bonds. The molecule has 3 N–H and O–H groups in total. The number of anilines is 1. The van der Waals surface area contributed by atoms with Gasteiger partial charge in [0.15, 0.2) is 5.82 Å². The van der Waals surface area contributed by atoms with Crippen molar-refractivity contribution in [3.8, 4) is 28.5 Å². The van der Waals surface area contributed by atoms with Crippen LogP contribution < -0.4 is 15.8 Å². The number of imidazole rings is 1. The van der Waals surface area contributed by atoms with E-state index in [0.29, 0.717) is 36.2 Å². The number of ether oxygens (including phenoxy) is 1. The lowest BCUT2D eigenvalue weighted by Crippen LogP contribution is -2.41. The molecule has 4 aliphatic rings. The van der Waals surface area contributed by atoms with Gasteiger partial charge in [0.05, 0.1) is 24.0 Å². The van der Waals surface area contributed by atoms with Crippen molar-refractivity contribution in [1.29, 1.82) is 0 Å². The molecule has 2 aliphatic carbocycles. The minimum absolute atomic E-state index is 0.00386. The van der Waals surface area contributed by atoms with Gasteiger partial charge in [-0.15, -0.1) is 0 Å². The third kappa shape index (κ3) is 4.43. The SMILES string of the molecule is COc1cc(C(=O)N2C[C@H]3CC[C@@H]2[C@@H]3N)cc2nc(-c3cc4ccc(-c5ccc6c(c5)CN(C)C(=O)N6)nc4n3CC3CC3)n(C)c12. The molecule has 2 aliphatic heterocycles. The van der Waals surface area contributed by atoms with E-state index >= 15 is 0 Å². The number of hydrogen-bond acceptors (Lipinski definition) is 6. The molecule has 1 saturated heterocycles. The van der Waals surface area contributed by atoms with Crippen LogP contribution >= 0.6 is 0 Å². The summed E-state index contributed by atoms with van der Waals surface area (Å²) < 4.78 is 10.3.